The summed E-state index contributed by atoms with van der Waals surface area (Å²) in [6.45, 7) is 10.1. The molecule has 174 valence electrons. The number of hydrogen-bond donors (Lipinski definition) is 1. The van der Waals surface area contributed by atoms with Crippen molar-refractivity contribution >= 4 is 5.78 Å². The molecule has 31 heavy (non-hydrogen) atoms. The molecule has 1 N–H and O–H groups in total. The van der Waals surface area contributed by atoms with Crippen LogP contribution in [-0.4, -0.2) is 35.5 Å². The van der Waals surface area contributed by atoms with Gasteiger partial charge in [-0.05, 0) is 80.0 Å². The summed E-state index contributed by atoms with van der Waals surface area (Å²) in [7, 11) is 0. The van der Waals surface area contributed by atoms with Gasteiger partial charge in [-0.15, -0.1) is 0 Å². The first-order valence-electron chi connectivity index (χ1n) is 13.2. The lowest BCUT2D eigenvalue weighted by Crippen LogP contribution is -2.58. The molecule has 6 rings (SSSR count). The van der Waals surface area contributed by atoms with Crippen LogP contribution in [-0.2, 0) is 14.3 Å². The lowest BCUT2D eigenvalue weighted by atomic mass is 9.44. The van der Waals surface area contributed by atoms with E-state index in [-0.39, 0.29) is 29.0 Å². The molecule has 1 spiro atoms. The smallest absolute Gasteiger partial charge is 0.171 e. The largest absolute Gasteiger partial charge is 0.393 e. The highest BCUT2D eigenvalue weighted by Crippen LogP contribution is 2.70. The zero-order chi connectivity index (χ0) is 21.8. The summed E-state index contributed by atoms with van der Waals surface area (Å²) in [4.78, 5) is 14.0. The van der Waals surface area contributed by atoms with E-state index in [1.165, 1.54) is 12.8 Å². The van der Waals surface area contributed by atoms with E-state index in [9.17, 15) is 9.90 Å². The summed E-state index contributed by atoms with van der Waals surface area (Å²) in [6, 6.07) is 0. The average Bonchev–Trinajstić information content (AvgIpc) is 3.18. The molecule has 9 unspecified atom stereocenters. The van der Waals surface area contributed by atoms with Gasteiger partial charge < -0.3 is 14.6 Å². The SMILES string of the molecule is CC1CCC2(OC1)OC1CC3C4CC[C@@H]5CC(O)CC[C@@]5(C)C4CC(=O)[C@]3(C)C1C2C. The maximum absolute atomic E-state index is 14.0. The van der Waals surface area contributed by atoms with Gasteiger partial charge in [-0.2, -0.15) is 0 Å². The molecule has 0 bridgehead atoms. The van der Waals surface area contributed by atoms with E-state index in [2.05, 4.69) is 27.7 Å². The summed E-state index contributed by atoms with van der Waals surface area (Å²) >= 11 is 0. The van der Waals surface area contributed by atoms with Crippen LogP contribution in [0.2, 0.25) is 0 Å². The van der Waals surface area contributed by atoms with Crippen molar-refractivity contribution in [2.24, 2.45) is 52.3 Å². The Labute approximate surface area is 187 Å². The van der Waals surface area contributed by atoms with Gasteiger partial charge in [0.05, 0.1) is 18.8 Å². The number of ether oxygens (including phenoxy) is 2. The van der Waals surface area contributed by atoms with Crippen LogP contribution >= 0.6 is 0 Å². The summed E-state index contributed by atoms with van der Waals surface area (Å²) in [5.41, 5.74) is -0.0221. The van der Waals surface area contributed by atoms with Crippen molar-refractivity contribution in [3.8, 4) is 0 Å². The Morgan fingerprint density at radius 2 is 1.81 bits per heavy atom. The van der Waals surface area contributed by atoms with Crippen LogP contribution in [0.15, 0.2) is 0 Å². The van der Waals surface area contributed by atoms with E-state index in [1.54, 1.807) is 0 Å². The fraction of sp³-hybridized carbons (Fsp3) is 0.963. The summed E-state index contributed by atoms with van der Waals surface area (Å²) in [5, 5.41) is 10.3. The highest BCUT2D eigenvalue weighted by Gasteiger charge is 2.71. The first-order chi connectivity index (χ1) is 14.7. The van der Waals surface area contributed by atoms with Crippen molar-refractivity contribution in [1.29, 1.82) is 0 Å². The number of fused-ring (bicyclic) bond motifs is 7. The van der Waals surface area contributed by atoms with Crippen molar-refractivity contribution in [3.05, 3.63) is 0 Å². The number of aliphatic hydroxyl groups is 1. The van der Waals surface area contributed by atoms with Gasteiger partial charge in [0.2, 0.25) is 0 Å². The second kappa shape index (κ2) is 6.79. The average molecular weight is 431 g/mol. The molecule has 0 amide bonds. The minimum atomic E-state index is -0.448. The lowest BCUT2D eigenvalue weighted by molar-refractivity contribution is -0.272. The molecule has 0 radical (unpaired) electrons. The molecule has 2 heterocycles. The van der Waals surface area contributed by atoms with Crippen LogP contribution in [0.25, 0.3) is 0 Å². The molecule has 0 aromatic rings. The van der Waals surface area contributed by atoms with Gasteiger partial charge in [-0.25, -0.2) is 0 Å². The second-order valence-electron chi connectivity index (χ2n) is 13.0. The predicted molar refractivity (Wildman–Crippen MR) is 118 cm³/mol. The Bertz CT molecular complexity index is 756. The first kappa shape index (κ1) is 21.1. The Morgan fingerprint density at radius 3 is 2.55 bits per heavy atom. The van der Waals surface area contributed by atoms with Gasteiger partial charge >= 0.3 is 0 Å². The van der Waals surface area contributed by atoms with Gasteiger partial charge in [-0.1, -0.05) is 27.7 Å². The van der Waals surface area contributed by atoms with E-state index < -0.39 is 5.79 Å². The van der Waals surface area contributed by atoms with Crippen molar-refractivity contribution in [3.63, 3.8) is 0 Å². The van der Waals surface area contributed by atoms with Crippen molar-refractivity contribution in [2.75, 3.05) is 6.61 Å². The van der Waals surface area contributed by atoms with Crippen LogP contribution in [0.3, 0.4) is 0 Å². The molecular formula is C27H42O4. The Hall–Kier alpha value is -0.450. The number of ketones is 1. The molecule has 4 saturated carbocycles. The Morgan fingerprint density at radius 1 is 1.00 bits per heavy atom. The number of aliphatic hydroxyl groups excluding tert-OH is 1. The van der Waals surface area contributed by atoms with Crippen LogP contribution in [0.1, 0.15) is 85.5 Å². The minimum Gasteiger partial charge on any atom is -0.393 e. The van der Waals surface area contributed by atoms with Gasteiger partial charge in [0.1, 0.15) is 5.78 Å². The third kappa shape index (κ3) is 2.68. The van der Waals surface area contributed by atoms with Gasteiger partial charge in [0, 0.05) is 30.1 Å². The normalized spacial score (nSPS) is 60.9. The fourth-order valence-corrected chi connectivity index (χ4v) is 9.93. The Balaban J connectivity index is 1.30. The third-order valence-corrected chi connectivity index (χ3v) is 11.8. The van der Waals surface area contributed by atoms with Gasteiger partial charge in [0.15, 0.2) is 5.79 Å². The van der Waals surface area contributed by atoms with E-state index >= 15 is 0 Å². The minimum absolute atomic E-state index is 0.131. The molecule has 0 aromatic carbocycles. The third-order valence-electron chi connectivity index (χ3n) is 11.8. The van der Waals surface area contributed by atoms with Gasteiger partial charge in [-0.3, -0.25) is 4.79 Å². The summed E-state index contributed by atoms with van der Waals surface area (Å²) < 4.78 is 13.2. The van der Waals surface area contributed by atoms with E-state index in [1.807, 2.05) is 0 Å². The van der Waals surface area contributed by atoms with Crippen LogP contribution in [0, 0.1) is 52.3 Å². The molecule has 4 aliphatic carbocycles. The van der Waals surface area contributed by atoms with Crippen LogP contribution in [0.5, 0.6) is 0 Å². The molecule has 0 aromatic heterocycles. The van der Waals surface area contributed by atoms with Crippen LogP contribution < -0.4 is 0 Å². The van der Waals surface area contributed by atoms with Gasteiger partial charge in [0.25, 0.3) is 0 Å². The number of hydrogen-bond acceptors (Lipinski definition) is 4. The molecule has 6 fully saturated rings. The summed E-state index contributed by atoms with van der Waals surface area (Å²) in [6.07, 6.45) is 9.39. The number of rotatable bonds is 0. The number of carbonyl (C=O) groups excluding carboxylic acids is 1. The maximum atomic E-state index is 14.0. The Kier molecular flexibility index (Phi) is 4.62. The lowest BCUT2D eigenvalue weighted by Gasteiger charge is -2.60. The zero-order valence-electron chi connectivity index (χ0n) is 19.9. The molecule has 12 atom stereocenters. The monoisotopic (exact) mass is 430 g/mol. The molecule has 2 aliphatic heterocycles. The number of carbonyl (C=O) groups is 1. The quantitative estimate of drug-likeness (QED) is 0.589. The van der Waals surface area contributed by atoms with E-state index in [0.29, 0.717) is 41.3 Å². The zero-order valence-corrected chi connectivity index (χ0v) is 19.9. The molecule has 4 heteroatoms. The summed E-state index contributed by atoms with van der Waals surface area (Å²) in [5.74, 6) is 3.45. The first-order valence-corrected chi connectivity index (χ1v) is 13.2. The highest BCUT2D eigenvalue weighted by molar-refractivity contribution is 5.87. The van der Waals surface area contributed by atoms with Crippen molar-refractivity contribution in [1.82, 2.24) is 0 Å². The fourth-order valence-electron chi connectivity index (χ4n) is 9.93. The molecule has 6 aliphatic rings. The molecule has 4 nitrogen and oxygen atoms in total. The topological polar surface area (TPSA) is 55.8 Å². The molecule has 2 saturated heterocycles. The maximum Gasteiger partial charge on any atom is 0.171 e. The highest BCUT2D eigenvalue weighted by atomic mass is 16.7. The van der Waals surface area contributed by atoms with E-state index in [0.717, 1.165) is 51.6 Å². The van der Waals surface area contributed by atoms with E-state index in [4.69, 9.17) is 9.47 Å². The predicted octanol–water partition coefficient (Wildman–Crippen LogP) is 4.97. The van der Waals surface area contributed by atoms with Crippen LogP contribution in [0.4, 0.5) is 0 Å². The van der Waals surface area contributed by atoms with Crippen molar-refractivity contribution in [2.45, 2.75) is 103 Å². The van der Waals surface area contributed by atoms with Crippen molar-refractivity contribution < 1.29 is 19.4 Å². The standard InChI is InChI=1S/C27H42O4/c1-15-7-10-27(30-14-15)16(2)24-22(31-27)12-21-19-6-5-17-11-18(28)8-9-25(17,3)20(19)13-23(29)26(21,24)4/h15-22,24,28H,5-14H2,1-4H3/t15?,16?,17-,18?,19?,20?,21?,22?,24?,25-,26-,27?/m1/s1. The molecular weight excluding hydrogens is 388 g/mol. The second-order valence-corrected chi connectivity index (χ2v) is 13.0. The number of Topliss-reactive ketones (excluding diaryl/α,β-unsaturated/α-hetero) is 1.